The van der Waals surface area contributed by atoms with Crippen LogP contribution in [0.2, 0.25) is 10.0 Å². The van der Waals surface area contributed by atoms with Crippen molar-refractivity contribution in [3.63, 3.8) is 0 Å². The van der Waals surface area contributed by atoms with Crippen LogP contribution in [0.4, 0.5) is 0 Å². The molecule has 0 radical (unpaired) electrons. The topological polar surface area (TPSA) is 34.4 Å². The fourth-order valence-electron chi connectivity index (χ4n) is 2.40. The van der Waals surface area contributed by atoms with Crippen LogP contribution in [0.15, 0.2) is 28.9 Å². The minimum Gasteiger partial charge on any atom is -0.492 e. The van der Waals surface area contributed by atoms with Gasteiger partial charge < -0.3 is 14.5 Å². The van der Waals surface area contributed by atoms with Crippen LogP contribution in [0.5, 0.6) is 5.75 Å². The van der Waals surface area contributed by atoms with Gasteiger partial charge in [0, 0.05) is 23.1 Å². The summed E-state index contributed by atoms with van der Waals surface area (Å²) < 4.78 is 11.0. The van der Waals surface area contributed by atoms with Crippen molar-refractivity contribution in [2.75, 3.05) is 13.7 Å². The Morgan fingerprint density at radius 2 is 1.95 bits per heavy atom. The van der Waals surface area contributed by atoms with Crippen LogP contribution >= 0.6 is 23.2 Å². The summed E-state index contributed by atoms with van der Waals surface area (Å²) in [5.41, 5.74) is 1.98. The maximum Gasteiger partial charge on any atom is 0.139 e. The van der Waals surface area contributed by atoms with Crippen molar-refractivity contribution >= 4 is 23.2 Å². The molecule has 114 valence electrons. The first-order valence-electron chi connectivity index (χ1n) is 6.97. The lowest BCUT2D eigenvalue weighted by atomic mass is 9.98. The van der Waals surface area contributed by atoms with Crippen molar-refractivity contribution in [3.05, 3.63) is 51.4 Å². The van der Waals surface area contributed by atoms with Crippen LogP contribution < -0.4 is 10.1 Å². The lowest BCUT2D eigenvalue weighted by molar-refractivity contribution is 0.340. The van der Waals surface area contributed by atoms with E-state index in [0.717, 1.165) is 23.3 Å². The summed E-state index contributed by atoms with van der Waals surface area (Å²) in [4.78, 5) is 0. The van der Waals surface area contributed by atoms with Crippen LogP contribution in [-0.2, 0) is 6.42 Å². The summed E-state index contributed by atoms with van der Waals surface area (Å²) in [6.07, 6.45) is 2.52. The van der Waals surface area contributed by atoms with Crippen molar-refractivity contribution in [1.29, 1.82) is 0 Å². The molecule has 21 heavy (non-hydrogen) atoms. The van der Waals surface area contributed by atoms with Gasteiger partial charge in [-0.25, -0.2) is 0 Å². The van der Waals surface area contributed by atoms with Gasteiger partial charge in [-0.05, 0) is 31.7 Å². The van der Waals surface area contributed by atoms with Crippen molar-refractivity contribution in [2.24, 2.45) is 0 Å². The van der Waals surface area contributed by atoms with E-state index in [9.17, 15) is 0 Å². The largest absolute Gasteiger partial charge is 0.492 e. The third-order valence-corrected chi connectivity index (χ3v) is 3.99. The highest BCUT2D eigenvalue weighted by Gasteiger charge is 2.21. The molecule has 2 aromatic rings. The van der Waals surface area contributed by atoms with Gasteiger partial charge in [-0.2, -0.15) is 0 Å². The summed E-state index contributed by atoms with van der Waals surface area (Å²) >= 11 is 12.7. The first-order valence-corrected chi connectivity index (χ1v) is 7.73. The van der Waals surface area contributed by atoms with Gasteiger partial charge in [0.1, 0.15) is 11.5 Å². The summed E-state index contributed by atoms with van der Waals surface area (Å²) in [6.45, 7) is 4.52. The van der Waals surface area contributed by atoms with Gasteiger partial charge in [-0.1, -0.05) is 30.1 Å². The van der Waals surface area contributed by atoms with E-state index in [1.54, 1.807) is 12.3 Å². The molecule has 1 aromatic carbocycles. The zero-order valence-electron chi connectivity index (χ0n) is 12.4. The van der Waals surface area contributed by atoms with Crippen LogP contribution in [0.25, 0.3) is 0 Å². The number of ether oxygens (including phenoxy) is 1. The fraction of sp³-hybridized carbons (Fsp3) is 0.375. The molecule has 0 fully saturated rings. The molecular weight excluding hydrogens is 309 g/mol. The molecule has 3 nitrogen and oxygen atoms in total. The molecule has 2 rings (SSSR count). The number of hydrogen-bond donors (Lipinski definition) is 1. The Hall–Kier alpha value is -1.16. The quantitative estimate of drug-likeness (QED) is 0.822. The molecule has 0 saturated heterocycles. The van der Waals surface area contributed by atoms with Crippen molar-refractivity contribution < 1.29 is 9.15 Å². The fourth-order valence-corrected chi connectivity index (χ4v) is 2.89. The Kier molecular flexibility index (Phi) is 5.57. The van der Waals surface area contributed by atoms with E-state index in [2.05, 4.69) is 12.2 Å². The highest BCUT2D eigenvalue weighted by atomic mass is 35.5. The first kappa shape index (κ1) is 16.2. The maximum absolute atomic E-state index is 6.41. The van der Waals surface area contributed by atoms with E-state index in [4.69, 9.17) is 32.4 Å². The second kappa shape index (κ2) is 7.21. The van der Waals surface area contributed by atoms with Gasteiger partial charge in [0.2, 0.25) is 0 Å². The predicted molar refractivity (Wildman–Crippen MR) is 86.6 cm³/mol. The molecular formula is C16H19Cl2NO2. The van der Waals surface area contributed by atoms with Gasteiger partial charge in [0.15, 0.2) is 0 Å². The molecule has 0 aliphatic carbocycles. The maximum atomic E-state index is 6.41. The SMILES string of the molecule is CCOc1cc(Cl)c(C(NC)c2ccoc2CC)cc1Cl. The lowest BCUT2D eigenvalue weighted by Gasteiger charge is -2.19. The molecule has 1 aromatic heterocycles. The zero-order chi connectivity index (χ0) is 15.4. The Bertz CT molecular complexity index is 610. The number of halogens is 2. The number of furan rings is 1. The summed E-state index contributed by atoms with van der Waals surface area (Å²) in [5, 5.41) is 4.44. The number of aryl methyl sites for hydroxylation is 1. The monoisotopic (exact) mass is 327 g/mol. The van der Waals surface area contributed by atoms with Gasteiger partial charge in [-0.3, -0.25) is 0 Å². The lowest BCUT2D eigenvalue weighted by Crippen LogP contribution is -2.18. The third-order valence-electron chi connectivity index (χ3n) is 3.36. The highest BCUT2D eigenvalue weighted by molar-refractivity contribution is 6.34. The Morgan fingerprint density at radius 1 is 1.19 bits per heavy atom. The van der Waals surface area contributed by atoms with E-state index in [1.165, 1.54) is 0 Å². The Morgan fingerprint density at radius 3 is 2.57 bits per heavy atom. The molecule has 1 heterocycles. The van der Waals surface area contributed by atoms with Crippen molar-refractivity contribution in [2.45, 2.75) is 26.3 Å². The average molecular weight is 328 g/mol. The van der Waals surface area contributed by atoms with Crippen LogP contribution in [-0.4, -0.2) is 13.7 Å². The minimum atomic E-state index is -0.0700. The molecule has 0 spiro atoms. The molecule has 1 atom stereocenters. The molecule has 0 bridgehead atoms. The first-order chi connectivity index (χ1) is 10.1. The van der Waals surface area contributed by atoms with Crippen LogP contribution in [0.3, 0.4) is 0 Å². The smallest absolute Gasteiger partial charge is 0.139 e. The highest BCUT2D eigenvalue weighted by Crippen LogP contribution is 2.37. The van der Waals surface area contributed by atoms with E-state index >= 15 is 0 Å². The number of nitrogens with one attached hydrogen (secondary N) is 1. The molecule has 1 N–H and O–H groups in total. The average Bonchev–Trinajstić information content (AvgIpc) is 2.93. The third kappa shape index (κ3) is 3.37. The molecule has 0 aliphatic rings. The summed E-state index contributed by atoms with van der Waals surface area (Å²) in [6, 6.07) is 5.50. The van der Waals surface area contributed by atoms with Gasteiger partial charge in [-0.15, -0.1) is 0 Å². The van der Waals surface area contributed by atoms with Gasteiger partial charge in [0.05, 0.1) is 23.9 Å². The van der Waals surface area contributed by atoms with Gasteiger partial charge in [0.25, 0.3) is 0 Å². The molecule has 0 aliphatic heterocycles. The van der Waals surface area contributed by atoms with E-state index < -0.39 is 0 Å². The number of benzene rings is 1. The van der Waals surface area contributed by atoms with Crippen molar-refractivity contribution in [3.8, 4) is 5.75 Å². The zero-order valence-corrected chi connectivity index (χ0v) is 13.9. The molecule has 0 amide bonds. The second-order valence-electron chi connectivity index (χ2n) is 4.61. The Balaban J connectivity index is 2.45. The number of hydrogen-bond acceptors (Lipinski definition) is 3. The minimum absolute atomic E-state index is 0.0700. The Labute approximate surface area is 135 Å². The number of rotatable bonds is 6. The van der Waals surface area contributed by atoms with Crippen molar-refractivity contribution in [1.82, 2.24) is 5.32 Å². The van der Waals surface area contributed by atoms with E-state index in [1.807, 2.05) is 26.1 Å². The molecule has 0 saturated carbocycles. The van der Waals surface area contributed by atoms with Crippen LogP contribution in [0, 0.1) is 0 Å². The second-order valence-corrected chi connectivity index (χ2v) is 5.43. The predicted octanol–water partition coefficient (Wildman–Crippen LogP) is 4.86. The van der Waals surface area contributed by atoms with Gasteiger partial charge >= 0.3 is 0 Å². The van der Waals surface area contributed by atoms with E-state index in [-0.39, 0.29) is 6.04 Å². The molecule has 1 unspecified atom stereocenters. The summed E-state index contributed by atoms with van der Waals surface area (Å²) in [5.74, 6) is 1.54. The normalized spacial score (nSPS) is 12.4. The molecule has 5 heteroatoms. The van der Waals surface area contributed by atoms with E-state index in [0.29, 0.717) is 22.4 Å². The summed E-state index contributed by atoms with van der Waals surface area (Å²) in [7, 11) is 1.89. The van der Waals surface area contributed by atoms with Crippen LogP contribution in [0.1, 0.15) is 36.8 Å². The standard InChI is InChI=1S/C16H19Cl2NO2/c1-4-14-10(6-7-21-14)16(19-3)11-8-13(18)15(20-5-2)9-12(11)17/h6-9,16,19H,4-5H2,1-3H3.